The molecule has 1 rings (SSSR count). The molecule has 8 heteroatoms. The van der Waals surface area contributed by atoms with Crippen LogP contribution >= 0.6 is 0 Å². The van der Waals surface area contributed by atoms with Crippen LogP contribution in [-0.4, -0.2) is 45.6 Å². The van der Waals surface area contributed by atoms with Gasteiger partial charge in [0.1, 0.15) is 18.0 Å². The lowest BCUT2D eigenvalue weighted by atomic mass is 10.2. The molecule has 7 nitrogen and oxygen atoms in total. The summed E-state index contributed by atoms with van der Waals surface area (Å²) in [5.41, 5.74) is -0.660. The van der Waals surface area contributed by atoms with Crippen LogP contribution in [0.25, 0.3) is 0 Å². The van der Waals surface area contributed by atoms with E-state index in [1.165, 1.54) is 0 Å². The van der Waals surface area contributed by atoms with E-state index in [2.05, 4.69) is 5.32 Å². The van der Waals surface area contributed by atoms with E-state index in [9.17, 15) is 13.2 Å². The summed E-state index contributed by atoms with van der Waals surface area (Å²) in [6.45, 7) is 4.99. The van der Waals surface area contributed by atoms with Gasteiger partial charge in [-0.2, -0.15) is 8.42 Å². The maximum atomic E-state index is 11.8. The van der Waals surface area contributed by atoms with E-state index in [4.69, 9.17) is 13.7 Å². The number of hydrogen-bond acceptors (Lipinski definition) is 6. The first-order valence-corrected chi connectivity index (χ1v) is 8.88. The summed E-state index contributed by atoms with van der Waals surface area (Å²) in [7, 11) is -3.62. The first-order valence-electron chi connectivity index (χ1n) is 7.07. The van der Waals surface area contributed by atoms with E-state index in [0.717, 1.165) is 6.26 Å². The Hall–Kier alpha value is -1.80. The average molecular weight is 345 g/mol. The van der Waals surface area contributed by atoms with Crippen LogP contribution in [0, 0.1) is 0 Å². The van der Waals surface area contributed by atoms with Gasteiger partial charge in [0, 0.05) is 0 Å². The van der Waals surface area contributed by atoms with Crippen LogP contribution in [0.15, 0.2) is 30.3 Å². The van der Waals surface area contributed by atoms with Gasteiger partial charge in [0.15, 0.2) is 0 Å². The Morgan fingerprint density at radius 2 is 1.78 bits per heavy atom. The van der Waals surface area contributed by atoms with Crippen LogP contribution in [0.5, 0.6) is 5.75 Å². The Balaban J connectivity index is 2.62. The number of alkyl carbamates (subject to hydrolysis) is 1. The van der Waals surface area contributed by atoms with Crippen molar-refractivity contribution in [3.63, 3.8) is 0 Å². The average Bonchev–Trinajstić information content (AvgIpc) is 2.40. The molecule has 0 aliphatic rings. The van der Waals surface area contributed by atoms with Crippen molar-refractivity contribution in [2.75, 3.05) is 19.5 Å². The number of amides is 1. The summed E-state index contributed by atoms with van der Waals surface area (Å²) >= 11 is 0. The molecule has 0 bridgehead atoms. The number of carbonyl (C=O) groups excluding carboxylic acids is 1. The molecule has 1 N–H and O–H groups in total. The summed E-state index contributed by atoms with van der Waals surface area (Å²) in [6.07, 6.45) is 0.270. The van der Waals surface area contributed by atoms with Crippen molar-refractivity contribution in [3.05, 3.63) is 30.3 Å². The molecule has 1 atom stereocenters. The van der Waals surface area contributed by atoms with Crippen molar-refractivity contribution in [1.82, 2.24) is 5.32 Å². The number of para-hydroxylation sites is 1. The van der Waals surface area contributed by atoms with Gasteiger partial charge >= 0.3 is 6.09 Å². The number of carbonyl (C=O) groups is 1. The highest BCUT2D eigenvalue weighted by Crippen LogP contribution is 2.10. The third kappa shape index (κ3) is 9.75. The minimum atomic E-state index is -3.62. The molecule has 0 radical (unpaired) electrons. The first kappa shape index (κ1) is 19.2. The van der Waals surface area contributed by atoms with Crippen molar-refractivity contribution in [2.24, 2.45) is 0 Å². The molecule has 1 aromatic rings. The molecule has 0 aromatic heterocycles. The van der Waals surface area contributed by atoms with E-state index in [1.807, 2.05) is 6.07 Å². The molecule has 0 saturated carbocycles. The van der Waals surface area contributed by atoms with Gasteiger partial charge in [0.2, 0.25) is 0 Å². The molecule has 130 valence electrons. The Morgan fingerprint density at radius 3 is 2.30 bits per heavy atom. The van der Waals surface area contributed by atoms with Crippen LogP contribution in [0.4, 0.5) is 4.79 Å². The molecule has 0 fully saturated rings. The van der Waals surface area contributed by atoms with Gasteiger partial charge in [-0.25, -0.2) is 4.79 Å². The highest BCUT2D eigenvalue weighted by Gasteiger charge is 2.21. The number of benzene rings is 1. The van der Waals surface area contributed by atoms with Crippen LogP contribution in [0.3, 0.4) is 0 Å². The third-order valence-corrected chi connectivity index (χ3v) is 2.96. The fourth-order valence-corrected chi connectivity index (χ4v) is 1.94. The molecule has 0 saturated heterocycles. The smallest absolute Gasteiger partial charge is 0.408 e. The second-order valence-corrected chi connectivity index (χ2v) is 7.60. The topological polar surface area (TPSA) is 90.9 Å². The van der Waals surface area contributed by atoms with Gasteiger partial charge in [-0.3, -0.25) is 4.18 Å². The van der Waals surface area contributed by atoms with Gasteiger partial charge < -0.3 is 14.8 Å². The lowest BCUT2D eigenvalue weighted by Crippen LogP contribution is -2.45. The second-order valence-electron chi connectivity index (χ2n) is 5.96. The standard InChI is InChI=1S/C15H23NO6S/c1-15(2,3)22-14(17)16-12(11-21-23(4,18)19)10-20-13-8-6-5-7-9-13/h5-9,12H,10-11H2,1-4H3,(H,16,17)/t12-/m1/s1. The number of hydrogen-bond donors (Lipinski definition) is 1. The van der Waals surface area contributed by atoms with Gasteiger partial charge in [-0.15, -0.1) is 0 Å². The maximum absolute atomic E-state index is 11.8. The fourth-order valence-electron chi connectivity index (χ4n) is 1.52. The Kier molecular flexibility index (Phi) is 6.83. The number of ether oxygens (including phenoxy) is 2. The normalized spacial score (nSPS) is 13.2. The molecular weight excluding hydrogens is 322 g/mol. The minimum absolute atomic E-state index is 0.0405. The molecule has 0 aliphatic carbocycles. The summed E-state index contributed by atoms with van der Waals surface area (Å²) in [5, 5.41) is 2.54. The molecule has 0 spiro atoms. The zero-order valence-electron chi connectivity index (χ0n) is 13.7. The lowest BCUT2D eigenvalue weighted by molar-refractivity contribution is 0.0466. The van der Waals surface area contributed by atoms with E-state index in [1.54, 1.807) is 45.0 Å². The van der Waals surface area contributed by atoms with Crippen LogP contribution in [0.1, 0.15) is 20.8 Å². The SMILES string of the molecule is CC(C)(C)OC(=O)N[C@H](COc1ccccc1)COS(C)(=O)=O. The molecule has 1 amide bonds. The largest absolute Gasteiger partial charge is 0.491 e. The molecule has 0 aliphatic heterocycles. The summed E-state index contributed by atoms with van der Waals surface area (Å²) in [4.78, 5) is 11.8. The van der Waals surface area contributed by atoms with E-state index in [-0.39, 0.29) is 13.2 Å². The predicted molar refractivity (Wildman–Crippen MR) is 85.9 cm³/mol. The van der Waals surface area contributed by atoms with Crippen molar-refractivity contribution in [3.8, 4) is 5.75 Å². The molecule has 1 aromatic carbocycles. The zero-order chi connectivity index (χ0) is 17.5. The Labute approximate surface area is 137 Å². The summed E-state index contributed by atoms with van der Waals surface area (Å²) in [6, 6.07) is 8.27. The summed E-state index contributed by atoms with van der Waals surface area (Å²) < 4.78 is 37.6. The van der Waals surface area contributed by atoms with Gasteiger partial charge in [0.25, 0.3) is 10.1 Å². The highest BCUT2D eigenvalue weighted by molar-refractivity contribution is 7.85. The second kappa shape index (κ2) is 8.16. The fraction of sp³-hybridized carbons (Fsp3) is 0.533. The van der Waals surface area contributed by atoms with Crippen molar-refractivity contribution in [1.29, 1.82) is 0 Å². The lowest BCUT2D eigenvalue weighted by Gasteiger charge is -2.23. The Bertz CT molecular complexity index is 594. The van der Waals surface area contributed by atoms with Crippen molar-refractivity contribution >= 4 is 16.2 Å². The Morgan fingerprint density at radius 1 is 1.17 bits per heavy atom. The molecular formula is C15H23NO6S. The van der Waals surface area contributed by atoms with Gasteiger partial charge in [-0.1, -0.05) is 18.2 Å². The monoisotopic (exact) mass is 345 g/mol. The number of nitrogens with one attached hydrogen (secondary N) is 1. The quantitative estimate of drug-likeness (QED) is 0.760. The summed E-state index contributed by atoms with van der Waals surface area (Å²) in [5.74, 6) is 0.600. The van der Waals surface area contributed by atoms with Crippen LogP contribution in [0.2, 0.25) is 0 Å². The third-order valence-electron chi connectivity index (χ3n) is 2.40. The molecule has 0 unspecified atom stereocenters. The molecule has 23 heavy (non-hydrogen) atoms. The van der Waals surface area contributed by atoms with Crippen molar-refractivity contribution < 1.29 is 26.9 Å². The minimum Gasteiger partial charge on any atom is -0.491 e. The molecule has 0 heterocycles. The first-order chi connectivity index (χ1) is 10.6. The van der Waals surface area contributed by atoms with E-state index < -0.39 is 27.9 Å². The van der Waals surface area contributed by atoms with Gasteiger partial charge in [0.05, 0.1) is 18.9 Å². The van der Waals surface area contributed by atoms with Gasteiger partial charge in [-0.05, 0) is 32.9 Å². The number of rotatable bonds is 7. The van der Waals surface area contributed by atoms with Crippen molar-refractivity contribution in [2.45, 2.75) is 32.4 Å². The predicted octanol–water partition coefficient (Wildman–Crippen LogP) is 1.93. The van der Waals surface area contributed by atoms with E-state index >= 15 is 0 Å². The van der Waals surface area contributed by atoms with Crippen LogP contribution in [-0.2, 0) is 19.0 Å². The maximum Gasteiger partial charge on any atom is 0.408 e. The van der Waals surface area contributed by atoms with E-state index in [0.29, 0.717) is 5.75 Å². The zero-order valence-corrected chi connectivity index (χ0v) is 14.6. The highest BCUT2D eigenvalue weighted by atomic mass is 32.2. The van der Waals surface area contributed by atoms with Crippen LogP contribution < -0.4 is 10.1 Å².